The van der Waals surface area contributed by atoms with Gasteiger partial charge >= 0.3 is 0 Å². The van der Waals surface area contributed by atoms with E-state index < -0.39 is 0 Å². The first kappa shape index (κ1) is 21.6. The summed E-state index contributed by atoms with van der Waals surface area (Å²) in [6.45, 7) is 3.80. The lowest BCUT2D eigenvalue weighted by Crippen LogP contribution is -2.13. The van der Waals surface area contributed by atoms with E-state index >= 15 is 0 Å². The van der Waals surface area contributed by atoms with Crippen LogP contribution >= 0.6 is 11.8 Å². The minimum atomic E-state index is -0.254. The zero-order valence-corrected chi connectivity index (χ0v) is 19.1. The zero-order valence-electron chi connectivity index (χ0n) is 18.3. The van der Waals surface area contributed by atoms with Gasteiger partial charge in [0.25, 0.3) is 0 Å². The second kappa shape index (κ2) is 8.92. The summed E-state index contributed by atoms with van der Waals surface area (Å²) in [5.74, 6) is 2.14. The number of benzene rings is 2. The number of halogens is 1. The van der Waals surface area contributed by atoms with Gasteiger partial charge in [0.1, 0.15) is 10.8 Å². The van der Waals surface area contributed by atoms with Gasteiger partial charge in [-0.1, -0.05) is 36.4 Å². The quantitative estimate of drug-likeness (QED) is 0.266. The van der Waals surface area contributed by atoms with Crippen LogP contribution in [0, 0.1) is 19.7 Å². The van der Waals surface area contributed by atoms with Gasteiger partial charge < -0.3 is 9.84 Å². The van der Waals surface area contributed by atoms with E-state index in [-0.39, 0.29) is 12.4 Å². The first-order chi connectivity index (χ1) is 16.0. The minimum Gasteiger partial charge on any atom is -0.436 e. The Bertz CT molecular complexity index is 1340. The molecule has 2 aromatic heterocycles. The van der Waals surface area contributed by atoms with Crippen LogP contribution < -0.4 is 4.74 Å². The highest BCUT2D eigenvalue weighted by Crippen LogP contribution is 2.43. The molecule has 0 spiro atoms. The summed E-state index contributed by atoms with van der Waals surface area (Å²) in [5.41, 5.74) is 6.30. The number of aliphatic hydroxyl groups is 1. The highest BCUT2D eigenvalue weighted by molar-refractivity contribution is 7.98. The molecule has 5 rings (SSSR count). The molecule has 0 fully saturated rings. The maximum atomic E-state index is 13.3. The molecule has 0 saturated carbocycles. The van der Waals surface area contributed by atoms with Crippen molar-refractivity contribution >= 4 is 11.8 Å². The van der Waals surface area contributed by atoms with E-state index in [1.807, 2.05) is 38.1 Å². The van der Waals surface area contributed by atoms with Gasteiger partial charge in [-0.15, -0.1) is 11.8 Å². The number of aliphatic hydroxyl groups excluding tert-OH is 1. The minimum absolute atomic E-state index is 0.117. The average molecular weight is 460 g/mol. The summed E-state index contributed by atoms with van der Waals surface area (Å²) in [6.07, 6.45) is 2.24. The molecule has 7 heteroatoms. The predicted molar refractivity (Wildman–Crippen MR) is 126 cm³/mol. The number of fused-ring (bicyclic) bond motifs is 2. The number of nitrogens with zero attached hydrogens (tertiary/aromatic N) is 3. The normalized spacial score (nSPS) is 12.1. The van der Waals surface area contributed by atoms with Crippen LogP contribution in [0.3, 0.4) is 0 Å². The molecule has 0 amide bonds. The number of rotatable bonds is 5. The lowest BCUT2D eigenvalue weighted by Gasteiger charge is -2.24. The van der Waals surface area contributed by atoms with E-state index in [0.29, 0.717) is 29.6 Å². The van der Waals surface area contributed by atoms with E-state index in [4.69, 9.17) is 14.7 Å². The van der Waals surface area contributed by atoms with Crippen molar-refractivity contribution < 1.29 is 14.2 Å². The molecule has 0 atom stereocenters. The van der Waals surface area contributed by atoms with Crippen molar-refractivity contribution in [1.29, 1.82) is 0 Å². The van der Waals surface area contributed by atoms with E-state index in [2.05, 4.69) is 4.98 Å². The molecular weight excluding hydrogens is 437 g/mol. The smallest absolute Gasteiger partial charge is 0.227 e. The van der Waals surface area contributed by atoms with Gasteiger partial charge in [-0.3, -0.25) is 4.98 Å². The van der Waals surface area contributed by atoms with Crippen molar-refractivity contribution in [2.45, 2.75) is 37.7 Å². The second-order valence-corrected chi connectivity index (χ2v) is 8.94. The Kier molecular flexibility index (Phi) is 5.83. The number of aromatic nitrogens is 3. The van der Waals surface area contributed by atoms with Crippen molar-refractivity contribution in [2.75, 3.05) is 0 Å². The number of aryl methyl sites for hydroxylation is 2. The fourth-order valence-electron chi connectivity index (χ4n) is 3.89. The first-order valence-electron chi connectivity index (χ1n) is 10.6. The molecule has 0 saturated heterocycles. The van der Waals surface area contributed by atoms with Gasteiger partial charge in [-0.05, 0) is 37.1 Å². The second-order valence-electron chi connectivity index (χ2n) is 7.98. The van der Waals surface area contributed by atoms with E-state index in [1.165, 1.54) is 12.1 Å². The molecular formula is C26H22FN3O2S. The molecule has 5 nitrogen and oxygen atoms in total. The monoisotopic (exact) mass is 459 g/mol. The highest BCUT2D eigenvalue weighted by Gasteiger charge is 2.28. The van der Waals surface area contributed by atoms with Crippen LogP contribution in [-0.2, 0) is 18.8 Å². The Hall–Kier alpha value is -3.29. The Morgan fingerprint density at radius 2 is 1.82 bits per heavy atom. The van der Waals surface area contributed by atoms with Crippen molar-refractivity contribution in [3.8, 4) is 23.0 Å². The molecule has 4 aromatic rings. The van der Waals surface area contributed by atoms with Crippen LogP contribution in [0.2, 0.25) is 0 Å². The number of ether oxygens (including phenoxy) is 1. The standard InChI is InChI=1S/C26H22FN3O2S/c1-15-5-3-4-6-20(15)24-29-25-22(11-21-18(13-31)12-28-16(2)23(21)32-25)26(30-24)33-14-17-7-9-19(27)10-8-17/h3-10,12,31H,11,13-14H2,1-2H3. The summed E-state index contributed by atoms with van der Waals surface area (Å²) in [4.78, 5) is 14.1. The molecule has 3 heterocycles. The van der Waals surface area contributed by atoms with Gasteiger partial charge in [0.2, 0.25) is 5.88 Å². The van der Waals surface area contributed by atoms with Gasteiger partial charge in [-0.25, -0.2) is 9.37 Å². The lowest BCUT2D eigenvalue weighted by atomic mass is 9.99. The highest BCUT2D eigenvalue weighted by atomic mass is 32.2. The van der Waals surface area contributed by atoms with E-state index in [9.17, 15) is 9.50 Å². The summed E-state index contributed by atoms with van der Waals surface area (Å²) >= 11 is 1.57. The summed E-state index contributed by atoms with van der Waals surface area (Å²) in [6, 6.07) is 14.5. The van der Waals surface area contributed by atoms with Crippen LogP contribution in [0.4, 0.5) is 4.39 Å². The molecule has 1 N–H and O–H groups in total. The maximum absolute atomic E-state index is 13.3. The number of hydrogen-bond acceptors (Lipinski definition) is 6. The van der Waals surface area contributed by atoms with Gasteiger partial charge in [-0.2, -0.15) is 4.98 Å². The number of pyridine rings is 1. The molecule has 166 valence electrons. The Morgan fingerprint density at radius 1 is 1.03 bits per heavy atom. The lowest BCUT2D eigenvalue weighted by molar-refractivity contribution is 0.278. The summed E-state index contributed by atoms with van der Waals surface area (Å²) in [5, 5.41) is 10.6. The third kappa shape index (κ3) is 4.21. The Balaban J connectivity index is 1.60. The number of thioether (sulfide) groups is 1. The third-order valence-electron chi connectivity index (χ3n) is 5.73. The molecule has 0 aliphatic carbocycles. The van der Waals surface area contributed by atoms with Crippen molar-refractivity contribution in [3.63, 3.8) is 0 Å². The van der Waals surface area contributed by atoms with Crippen LogP contribution in [-0.4, -0.2) is 20.1 Å². The van der Waals surface area contributed by atoms with Crippen molar-refractivity contribution in [1.82, 2.24) is 15.0 Å². The fraction of sp³-hybridized carbons (Fsp3) is 0.192. The van der Waals surface area contributed by atoms with Gasteiger partial charge in [0.15, 0.2) is 11.6 Å². The fourth-order valence-corrected chi connectivity index (χ4v) is 4.87. The van der Waals surface area contributed by atoms with Gasteiger partial charge in [0.05, 0.1) is 17.9 Å². The van der Waals surface area contributed by atoms with Crippen LogP contribution in [0.5, 0.6) is 11.6 Å². The molecule has 1 aliphatic heterocycles. The van der Waals surface area contributed by atoms with Crippen molar-refractivity contribution in [2.24, 2.45) is 0 Å². The van der Waals surface area contributed by atoms with E-state index in [0.717, 1.165) is 44.1 Å². The molecule has 2 aromatic carbocycles. The molecule has 0 radical (unpaired) electrons. The van der Waals surface area contributed by atoms with E-state index in [1.54, 1.807) is 30.1 Å². The van der Waals surface area contributed by atoms with Crippen molar-refractivity contribution in [3.05, 3.63) is 94.1 Å². The van der Waals surface area contributed by atoms with Crippen LogP contribution in [0.15, 0.2) is 59.8 Å². The average Bonchev–Trinajstić information content (AvgIpc) is 2.83. The molecule has 1 aliphatic rings. The summed E-state index contributed by atoms with van der Waals surface area (Å²) in [7, 11) is 0. The SMILES string of the molecule is Cc1ccccc1-c1nc2c(c(SCc3ccc(F)cc3)n1)Cc1c(CO)cnc(C)c1O2. The third-order valence-corrected chi connectivity index (χ3v) is 6.82. The van der Waals surface area contributed by atoms with Gasteiger partial charge in [0, 0.05) is 35.1 Å². The molecule has 0 unspecified atom stereocenters. The summed E-state index contributed by atoms with van der Waals surface area (Å²) < 4.78 is 19.6. The Labute approximate surface area is 195 Å². The molecule has 33 heavy (non-hydrogen) atoms. The predicted octanol–water partition coefficient (Wildman–Crippen LogP) is 5.78. The van der Waals surface area contributed by atoms with Crippen LogP contribution in [0.25, 0.3) is 11.4 Å². The first-order valence-corrected chi connectivity index (χ1v) is 11.6. The largest absolute Gasteiger partial charge is 0.436 e. The topological polar surface area (TPSA) is 68.1 Å². The Morgan fingerprint density at radius 3 is 2.58 bits per heavy atom. The molecule has 0 bridgehead atoms. The van der Waals surface area contributed by atoms with Crippen LogP contribution in [0.1, 0.15) is 33.5 Å². The zero-order chi connectivity index (χ0) is 22.9. The number of hydrogen-bond donors (Lipinski definition) is 1. The maximum Gasteiger partial charge on any atom is 0.227 e.